The highest BCUT2D eigenvalue weighted by Gasteiger charge is 2.20. The van der Waals surface area contributed by atoms with Crippen molar-refractivity contribution in [3.8, 4) is 0 Å². The van der Waals surface area contributed by atoms with Crippen molar-refractivity contribution >= 4 is 27.5 Å². The topological polar surface area (TPSA) is 75.3 Å². The molecule has 0 aliphatic heterocycles. The van der Waals surface area contributed by atoms with Gasteiger partial charge in [0.2, 0.25) is 15.9 Å². The molecule has 1 aromatic carbocycles. The molecule has 0 aliphatic carbocycles. The molecule has 2 N–H and O–H groups in total. The maximum Gasteiger partial charge on any atom is 0.222 e. The Kier molecular flexibility index (Phi) is 6.64. The van der Waals surface area contributed by atoms with Crippen LogP contribution in [0.15, 0.2) is 24.3 Å². The first-order chi connectivity index (χ1) is 9.71. The van der Waals surface area contributed by atoms with Crippen LogP contribution in [0.3, 0.4) is 0 Å². The first-order valence-electron chi connectivity index (χ1n) is 6.73. The van der Waals surface area contributed by atoms with Gasteiger partial charge in [-0.3, -0.25) is 4.79 Å². The molecule has 0 saturated carbocycles. The zero-order valence-electron chi connectivity index (χ0n) is 12.4. The van der Waals surface area contributed by atoms with Crippen LogP contribution in [-0.4, -0.2) is 26.6 Å². The number of nitrogens with one attached hydrogen (secondary N) is 2. The fourth-order valence-corrected chi connectivity index (χ4v) is 2.66. The average Bonchev–Trinajstić information content (AvgIpc) is 2.37. The molecule has 118 valence electrons. The van der Waals surface area contributed by atoms with E-state index in [-0.39, 0.29) is 18.4 Å². The van der Waals surface area contributed by atoms with E-state index in [9.17, 15) is 13.2 Å². The molecule has 0 saturated heterocycles. The van der Waals surface area contributed by atoms with E-state index in [1.165, 1.54) is 0 Å². The van der Waals surface area contributed by atoms with Crippen molar-refractivity contribution in [1.82, 2.24) is 10.0 Å². The van der Waals surface area contributed by atoms with Gasteiger partial charge in [-0.2, -0.15) is 0 Å². The summed E-state index contributed by atoms with van der Waals surface area (Å²) in [6, 6.07) is 6.20. The summed E-state index contributed by atoms with van der Waals surface area (Å²) in [5.74, 6) is -0.194. The first-order valence-corrected chi connectivity index (χ1v) is 9.00. The van der Waals surface area contributed by atoms with Gasteiger partial charge in [-0.15, -0.1) is 0 Å². The molecule has 1 aromatic rings. The maximum atomic E-state index is 12.0. The standard InChI is InChI=1S/C14H21ClN2O3S/c1-4-10(2)16-14(18)9-13(17-21(3,19)20)11-5-7-12(15)8-6-11/h5-8,10,13,17H,4,9H2,1-3H3,(H,16,18)/t10-,13-/m0/s1. The van der Waals surface area contributed by atoms with Crippen LogP contribution in [0, 0.1) is 0 Å². The zero-order valence-corrected chi connectivity index (χ0v) is 14.0. The van der Waals surface area contributed by atoms with Crippen LogP contribution in [0.2, 0.25) is 5.02 Å². The summed E-state index contributed by atoms with van der Waals surface area (Å²) in [6.07, 6.45) is 1.93. The van der Waals surface area contributed by atoms with E-state index in [0.29, 0.717) is 10.6 Å². The number of amides is 1. The van der Waals surface area contributed by atoms with Crippen LogP contribution in [0.4, 0.5) is 0 Å². The van der Waals surface area contributed by atoms with Crippen molar-refractivity contribution in [2.75, 3.05) is 6.26 Å². The maximum absolute atomic E-state index is 12.0. The zero-order chi connectivity index (χ0) is 16.0. The molecular formula is C14H21ClN2O3S. The highest BCUT2D eigenvalue weighted by atomic mass is 35.5. The highest BCUT2D eigenvalue weighted by Crippen LogP contribution is 2.20. The van der Waals surface area contributed by atoms with Crippen LogP contribution in [0.25, 0.3) is 0 Å². The minimum Gasteiger partial charge on any atom is -0.354 e. The lowest BCUT2D eigenvalue weighted by Crippen LogP contribution is -2.36. The van der Waals surface area contributed by atoms with Crippen molar-refractivity contribution in [3.05, 3.63) is 34.9 Å². The monoisotopic (exact) mass is 332 g/mol. The van der Waals surface area contributed by atoms with Crippen molar-refractivity contribution in [3.63, 3.8) is 0 Å². The Morgan fingerprint density at radius 1 is 1.29 bits per heavy atom. The molecule has 0 aromatic heterocycles. The van der Waals surface area contributed by atoms with Crippen molar-refractivity contribution in [1.29, 1.82) is 0 Å². The molecule has 0 radical (unpaired) electrons. The molecule has 21 heavy (non-hydrogen) atoms. The van der Waals surface area contributed by atoms with E-state index in [2.05, 4.69) is 10.0 Å². The summed E-state index contributed by atoms with van der Waals surface area (Å²) in [5, 5.41) is 3.38. The van der Waals surface area contributed by atoms with Gasteiger partial charge in [0.25, 0.3) is 0 Å². The Labute approximate surface area is 131 Å². The van der Waals surface area contributed by atoms with E-state index in [1.807, 2.05) is 13.8 Å². The SMILES string of the molecule is CC[C@H](C)NC(=O)C[C@H](NS(C)(=O)=O)c1ccc(Cl)cc1. The number of rotatable bonds is 7. The summed E-state index contributed by atoms with van der Waals surface area (Å²) in [5.41, 5.74) is 0.698. The van der Waals surface area contributed by atoms with Gasteiger partial charge in [-0.05, 0) is 31.0 Å². The molecule has 0 fully saturated rings. The third kappa shape index (κ3) is 6.93. The number of sulfonamides is 1. The molecule has 7 heteroatoms. The Bertz CT molecular complexity index is 572. The van der Waals surface area contributed by atoms with Gasteiger partial charge in [0, 0.05) is 17.5 Å². The van der Waals surface area contributed by atoms with E-state index in [1.54, 1.807) is 24.3 Å². The van der Waals surface area contributed by atoms with Crippen molar-refractivity contribution in [2.24, 2.45) is 0 Å². The molecule has 0 spiro atoms. The summed E-state index contributed by atoms with van der Waals surface area (Å²) in [7, 11) is -3.42. The van der Waals surface area contributed by atoms with Crippen molar-refractivity contribution in [2.45, 2.75) is 38.8 Å². The second kappa shape index (κ2) is 7.77. The minimum atomic E-state index is -3.42. The quantitative estimate of drug-likeness (QED) is 0.804. The van der Waals surface area contributed by atoms with Crippen LogP contribution in [0.1, 0.15) is 38.3 Å². The molecule has 2 atom stereocenters. The third-order valence-corrected chi connectivity index (χ3v) is 4.00. The number of halogens is 1. The van der Waals surface area contributed by atoms with Gasteiger partial charge >= 0.3 is 0 Å². The summed E-state index contributed by atoms with van der Waals surface area (Å²) >= 11 is 5.82. The Hall–Kier alpha value is -1.11. The first kappa shape index (κ1) is 17.9. The van der Waals surface area contributed by atoms with Crippen LogP contribution < -0.4 is 10.0 Å². The van der Waals surface area contributed by atoms with Crippen LogP contribution in [0.5, 0.6) is 0 Å². The van der Waals surface area contributed by atoms with Gasteiger partial charge in [-0.1, -0.05) is 30.7 Å². The largest absolute Gasteiger partial charge is 0.354 e. The van der Waals surface area contributed by atoms with Crippen molar-refractivity contribution < 1.29 is 13.2 Å². The Morgan fingerprint density at radius 3 is 2.33 bits per heavy atom. The van der Waals surface area contributed by atoms with E-state index in [0.717, 1.165) is 12.7 Å². The smallest absolute Gasteiger partial charge is 0.222 e. The fraction of sp³-hybridized carbons (Fsp3) is 0.500. The highest BCUT2D eigenvalue weighted by molar-refractivity contribution is 7.88. The fourth-order valence-electron chi connectivity index (χ4n) is 1.80. The number of hydrogen-bond donors (Lipinski definition) is 2. The van der Waals surface area contributed by atoms with Gasteiger partial charge in [0.05, 0.1) is 12.3 Å². The second-order valence-electron chi connectivity index (χ2n) is 5.08. The number of hydrogen-bond acceptors (Lipinski definition) is 3. The normalized spacial score (nSPS) is 14.5. The summed E-state index contributed by atoms with van der Waals surface area (Å²) in [6.45, 7) is 3.87. The molecule has 1 rings (SSSR count). The van der Waals surface area contributed by atoms with Gasteiger partial charge in [0.1, 0.15) is 0 Å². The van der Waals surface area contributed by atoms with E-state index >= 15 is 0 Å². The predicted octanol–water partition coefficient (Wildman–Crippen LogP) is 2.24. The lowest BCUT2D eigenvalue weighted by atomic mass is 10.0. The second-order valence-corrected chi connectivity index (χ2v) is 7.29. The van der Waals surface area contributed by atoms with E-state index < -0.39 is 16.1 Å². The molecule has 1 amide bonds. The average molecular weight is 333 g/mol. The molecule has 0 aliphatic rings. The molecule has 0 heterocycles. The third-order valence-electron chi connectivity index (χ3n) is 3.04. The summed E-state index contributed by atoms with van der Waals surface area (Å²) in [4.78, 5) is 12.0. The van der Waals surface area contributed by atoms with E-state index in [4.69, 9.17) is 11.6 Å². The Morgan fingerprint density at radius 2 is 1.86 bits per heavy atom. The van der Waals surface area contributed by atoms with Gasteiger partial charge < -0.3 is 5.32 Å². The molecule has 5 nitrogen and oxygen atoms in total. The minimum absolute atomic E-state index is 0.0407. The number of carbonyl (C=O) groups excluding carboxylic acids is 1. The molecule has 0 bridgehead atoms. The lowest BCUT2D eigenvalue weighted by molar-refractivity contribution is -0.122. The number of carbonyl (C=O) groups is 1. The number of benzene rings is 1. The molecule has 0 unspecified atom stereocenters. The molecular weight excluding hydrogens is 312 g/mol. The summed E-state index contributed by atoms with van der Waals surface area (Å²) < 4.78 is 25.4. The Balaban J connectivity index is 2.87. The van der Waals surface area contributed by atoms with Gasteiger partial charge in [-0.25, -0.2) is 13.1 Å². The predicted molar refractivity (Wildman–Crippen MR) is 84.7 cm³/mol. The van der Waals surface area contributed by atoms with Crippen LogP contribution >= 0.6 is 11.6 Å². The lowest BCUT2D eigenvalue weighted by Gasteiger charge is -2.19. The van der Waals surface area contributed by atoms with Gasteiger partial charge in [0.15, 0.2) is 0 Å². The van der Waals surface area contributed by atoms with Crippen LogP contribution in [-0.2, 0) is 14.8 Å².